The van der Waals surface area contributed by atoms with Gasteiger partial charge in [-0.25, -0.2) is 0 Å². The van der Waals surface area contributed by atoms with Gasteiger partial charge in [-0.05, 0) is 26.9 Å². The molecule has 0 bridgehead atoms. The standard InChI is InChI=1S/C11H22BrN3/c1-15(2)11-6-9(13)8-5-7(12)3-4-10(8)14-11/h7-11,14H,3-6,13H2,1-2H3/p+1. The molecule has 1 saturated heterocycles. The SMILES string of the molecule is CN(C)C1CC(N)C2CC(Br)CCC2[NH2+]1. The van der Waals surface area contributed by atoms with Crippen LogP contribution in [0.4, 0.5) is 0 Å². The topological polar surface area (TPSA) is 45.9 Å². The Hall–Kier alpha value is 0.360. The number of piperidine rings is 1. The minimum absolute atomic E-state index is 0.396. The number of nitrogens with two attached hydrogens (primary N) is 2. The molecule has 3 nitrogen and oxygen atoms in total. The average Bonchev–Trinajstić information content (AvgIpc) is 2.18. The van der Waals surface area contributed by atoms with Gasteiger partial charge in [-0.2, -0.15) is 0 Å². The van der Waals surface area contributed by atoms with Gasteiger partial charge in [0.05, 0.1) is 6.04 Å². The summed E-state index contributed by atoms with van der Waals surface area (Å²) in [6.45, 7) is 0. The lowest BCUT2D eigenvalue weighted by Gasteiger charge is -2.44. The molecule has 4 N–H and O–H groups in total. The molecule has 2 fully saturated rings. The van der Waals surface area contributed by atoms with E-state index < -0.39 is 0 Å². The molecule has 0 amide bonds. The Bertz CT molecular complexity index is 222. The van der Waals surface area contributed by atoms with Gasteiger partial charge in [-0.3, -0.25) is 4.90 Å². The summed E-state index contributed by atoms with van der Waals surface area (Å²) < 4.78 is 0. The molecule has 0 aromatic rings. The molecule has 0 aromatic heterocycles. The number of nitrogens with zero attached hydrogens (tertiary/aromatic N) is 1. The van der Waals surface area contributed by atoms with Crippen LogP contribution in [0.1, 0.15) is 25.7 Å². The number of hydrogen-bond donors (Lipinski definition) is 2. The van der Waals surface area contributed by atoms with Crippen molar-refractivity contribution < 1.29 is 5.32 Å². The molecule has 5 unspecified atom stereocenters. The zero-order valence-electron chi connectivity index (χ0n) is 9.70. The van der Waals surface area contributed by atoms with E-state index in [1.54, 1.807) is 0 Å². The highest BCUT2D eigenvalue weighted by molar-refractivity contribution is 9.09. The lowest BCUT2D eigenvalue weighted by atomic mass is 9.76. The van der Waals surface area contributed by atoms with Gasteiger partial charge in [-0.1, -0.05) is 15.9 Å². The molecule has 1 aliphatic heterocycles. The summed E-state index contributed by atoms with van der Waals surface area (Å²) >= 11 is 3.74. The van der Waals surface area contributed by atoms with E-state index in [2.05, 4.69) is 40.2 Å². The first-order valence-corrected chi connectivity index (χ1v) is 6.90. The van der Waals surface area contributed by atoms with Gasteiger partial charge >= 0.3 is 0 Å². The van der Waals surface area contributed by atoms with Crippen LogP contribution in [0.25, 0.3) is 0 Å². The molecule has 88 valence electrons. The normalized spacial score (nSPS) is 46.6. The average molecular weight is 277 g/mol. The highest BCUT2D eigenvalue weighted by atomic mass is 79.9. The number of halogens is 1. The van der Waals surface area contributed by atoms with Crippen molar-refractivity contribution in [1.29, 1.82) is 0 Å². The first-order chi connectivity index (χ1) is 7.08. The van der Waals surface area contributed by atoms with Gasteiger partial charge in [0.2, 0.25) is 0 Å². The number of hydrogen-bond acceptors (Lipinski definition) is 2. The molecule has 1 aliphatic carbocycles. The molecule has 2 aliphatic rings. The van der Waals surface area contributed by atoms with Crippen LogP contribution in [0, 0.1) is 5.92 Å². The first kappa shape index (κ1) is 11.8. The lowest BCUT2D eigenvalue weighted by molar-refractivity contribution is -0.755. The molecule has 5 atom stereocenters. The van der Waals surface area contributed by atoms with Gasteiger partial charge in [0.15, 0.2) is 0 Å². The Morgan fingerprint density at radius 1 is 1.27 bits per heavy atom. The van der Waals surface area contributed by atoms with E-state index in [1.165, 1.54) is 19.3 Å². The van der Waals surface area contributed by atoms with Gasteiger partial charge in [0.25, 0.3) is 0 Å². The molecule has 2 rings (SSSR count). The van der Waals surface area contributed by atoms with Crippen molar-refractivity contribution in [3.8, 4) is 0 Å². The molecular weight excluding hydrogens is 254 g/mol. The van der Waals surface area contributed by atoms with Crippen molar-refractivity contribution in [3.63, 3.8) is 0 Å². The number of alkyl halides is 1. The second-order valence-corrected chi connectivity index (χ2v) is 6.66. The van der Waals surface area contributed by atoms with Crippen molar-refractivity contribution >= 4 is 15.9 Å². The fourth-order valence-electron chi connectivity index (χ4n) is 3.11. The van der Waals surface area contributed by atoms with E-state index in [0.29, 0.717) is 17.0 Å². The third-order valence-electron chi connectivity index (χ3n) is 4.09. The zero-order valence-corrected chi connectivity index (χ0v) is 11.3. The number of quaternary nitrogens is 1. The van der Waals surface area contributed by atoms with Crippen molar-refractivity contribution in [2.75, 3.05) is 14.1 Å². The monoisotopic (exact) mass is 276 g/mol. The summed E-state index contributed by atoms with van der Waals surface area (Å²) in [6, 6.07) is 1.16. The van der Waals surface area contributed by atoms with Crippen LogP contribution in [0.5, 0.6) is 0 Å². The lowest BCUT2D eigenvalue weighted by Crippen LogP contribution is -3.02. The maximum absolute atomic E-state index is 6.31. The predicted octanol–water partition coefficient (Wildman–Crippen LogP) is 0.101. The highest BCUT2D eigenvalue weighted by Gasteiger charge is 2.42. The third-order valence-corrected chi connectivity index (χ3v) is 4.92. The van der Waals surface area contributed by atoms with E-state index in [1.807, 2.05) is 0 Å². The van der Waals surface area contributed by atoms with Gasteiger partial charge in [-0.15, -0.1) is 0 Å². The number of fused-ring (bicyclic) bond motifs is 1. The summed E-state index contributed by atoms with van der Waals surface area (Å²) in [6.07, 6.45) is 5.62. The smallest absolute Gasteiger partial charge is 0.143 e. The predicted molar refractivity (Wildman–Crippen MR) is 65.8 cm³/mol. The van der Waals surface area contributed by atoms with E-state index >= 15 is 0 Å². The molecule has 1 heterocycles. The van der Waals surface area contributed by atoms with Crippen LogP contribution in [0.15, 0.2) is 0 Å². The zero-order chi connectivity index (χ0) is 11.0. The van der Waals surface area contributed by atoms with Gasteiger partial charge < -0.3 is 11.1 Å². The molecule has 0 aromatic carbocycles. The summed E-state index contributed by atoms with van der Waals surface area (Å²) in [5.74, 6) is 0.722. The van der Waals surface area contributed by atoms with Crippen LogP contribution >= 0.6 is 15.9 Å². The molecule has 4 heteroatoms. The fraction of sp³-hybridized carbons (Fsp3) is 1.00. The molecule has 15 heavy (non-hydrogen) atoms. The Morgan fingerprint density at radius 2 is 2.00 bits per heavy atom. The van der Waals surface area contributed by atoms with Crippen molar-refractivity contribution in [1.82, 2.24) is 4.90 Å². The van der Waals surface area contributed by atoms with Crippen LogP contribution < -0.4 is 11.1 Å². The molecule has 0 radical (unpaired) electrons. The fourth-order valence-corrected chi connectivity index (χ4v) is 3.80. The third kappa shape index (κ3) is 2.54. The van der Waals surface area contributed by atoms with Crippen molar-refractivity contribution in [2.45, 2.75) is 48.8 Å². The van der Waals surface area contributed by atoms with E-state index in [0.717, 1.165) is 18.4 Å². The Labute approximate surface area is 101 Å². The van der Waals surface area contributed by atoms with Gasteiger partial charge in [0, 0.05) is 29.6 Å². The Balaban J connectivity index is 2.01. The number of rotatable bonds is 1. The van der Waals surface area contributed by atoms with Crippen molar-refractivity contribution in [2.24, 2.45) is 11.7 Å². The summed E-state index contributed by atoms with van der Waals surface area (Å²) in [7, 11) is 4.31. The Kier molecular flexibility index (Phi) is 3.71. The van der Waals surface area contributed by atoms with E-state index in [-0.39, 0.29) is 0 Å². The highest BCUT2D eigenvalue weighted by Crippen LogP contribution is 2.32. The quantitative estimate of drug-likeness (QED) is 0.668. The van der Waals surface area contributed by atoms with Crippen molar-refractivity contribution in [3.05, 3.63) is 0 Å². The minimum atomic E-state index is 0.396. The molecule has 1 saturated carbocycles. The maximum atomic E-state index is 6.31. The van der Waals surface area contributed by atoms with Gasteiger partial charge in [0.1, 0.15) is 6.17 Å². The second-order valence-electron chi connectivity index (χ2n) is 5.36. The summed E-state index contributed by atoms with van der Waals surface area (Å²) in [4.78, 5) is 3.00. The van der Waals surface area contributed by atoms with Crippen LogP contribution in [-0.2, 0) is 0 Å². The van der Waals surface area contributed by atoms with Crippen LogP contribution in [0.3, 0.4) is 0 Å². The molecular formula is C11H23BrN3+. The summed E-state index contributed by atoms with van der Waals surface area (Å²) in [5, 5.41) is 2.55. The minimum Gasteiger partial charge on any atom is -0.329 e. The largest absolute Gasteiger partial charge is 0.329 e. The first-order valence-electron chi connectivity index (χ1n) is 5.99. The second kappa shape index (κ2) is 4.70. The molecule has 0 spiro atoms. The Morgan fingerprint density at radius 3 is 2.67 bits per heavy atom. The van der Waals surface area contributed by atoms with E-state index in [4.69, 9.17) is 5.73 Å². The summed E-state index contributed by atoms with van der Waals surface area (Å²) in [5.41, 5.74) is 6.31. The maximum Gasteiger partial charge on any atom is 0.143 e. The van der Waals surface area contributed by atoms with E-state index in [9.17, 15) is 0 Å². The van der Waals surface area contributed by atoms with Crippen LogP contribution in [0.2, 0.25) is 0 Å². The van der Waals surface area contributed by atoms with Crippen LogP contribution in [-0.4, -0.2) is 42.1 Å².